The van der Waals surface area contributed by atoms with E-state index in [1.54, 1.807) is 0 Å². The minimum atomic E-state index is 0. The largest absolute Gasteiger partial charge is 0.314 e. The summed E-state index contributed by atoms with van der Waals surface area (Å²) >= 11 is 0. The van der Waals surface area contributed by atoms with Crippen molar-refractivity contribution >= 4 is 74.4 Å². The van der Waals surface area contributed by atoms with Crippen LogP contribution >= 0.6 is 74.4 Å². The molecule has 3 rings (SSSR count). The van der Waals surface area contributed by atoms with Crippen molar-refractivity contribution < 1.29 is 0 Å². The molecular weight excluding hydrogens is 613 g/mol. The van der Waals surface area contributed by atoms with Crippen molar-refractivity contribution in [2.24, 2.45) is 0 Å². The van der Waals surface area contributed by atoms with E-state index in [2.05, 4.69) is 66.0 Å². The fourth-order valence-electron chi connectivity index (χ4n) is 4.21. The third-order valence-corrected chi connectivity index (χ3v) is 6.17. The van der Waals surface area contributed by atoms with E-state index < -0.39 is 0 Å². The number of hydrogen-bond donors (Lipinski definition) is 6. The first-order chi connectivity index (χ1) is 15.9. The molecule has 0 spiro atoms. The van der Waals surface area contributed by atoms with Gasteiger partial charge < -0.3 is 31.9 Å². The maximum absolute atomic E-state index is 3.56. The van der Waals surface area contributed by atoms with Gasteiger partial charge in [-0.05, 0) is 11.1 Å². The van der Waals surface area contributed by atoms with Crippen molar-refractivity contribution in [3.8, 4) is 0 Å². The number of hydrogen-bond acceptors (Lipinski definition) is 8. The Morgan fingerprint density at radius 2 is 0.579 bits per heavy atom. The van der Waals surface area contributed by atoms with Crippen LogP contribution in [0.1, 0.15) is 11.1 Å². The molecule has 0 atom stereocenters. The number of halogens is 6. The third-order valence-electron chi connectivity index (χ3n) is 6.17. The number of nitrogens with one attached hydrogen (secondary N) is 6. The topological polar surface area (TPSA) is 78.7 Å². The summed E-state index contributed by atoms with van der Waals surface area (Å²) in [6.07, 6.45) is 0. The minimum absolute atomic E-state index is 0. The van der Waals surface area contributed by atoms with Crippen LogP contribution in [-0.2, 0) is 13.1 Å². The van der Waals surface area contributed by atoms with E-state index in [-0.39, 0.29) is 74.4 Å². The highest BCUT2D eigenvalue weighted by Gasteiger charge is 2.09. The van der Waals surface area contributed by atoms with Gasteiger partial charge in [0.2, 0.25) is 0 Å². The van der Waals surface area contributed by atoms with Gasteiger partial charge in [0, 0.05) is 118 Å². The predicted molar refractivity (Wildman–Crippen MR) is 178 cm³/mol. The summed E-state index contributed by atoms with van der Waals surface area (Å²) in [5, 5.41) is 21.1. The average Bonchev–Trinajstić information content (AvgIpc) is 2.79. The Morgan fingerprint density at radius 3 is 0.816 bits per heavy atom. The van der Waals surface area contributed by atoms with Gasteiger partial charge in [-0.25, -0.2) is 0 Å². The fourth-order valence-corrected chi connectivity index (χ4v) is 4.21. The lowest BCUT2D eigenvalue weighted by molar-refractivity contribution is 0.261. The zero-order valence-electron chi connectivity index (χ0n) is 22.4. The molecule has 2 aliphatic heterocycles. The van der Waals surface area contributed by atoms with Crippen LogP contribution in [0.5, 0.6) is 0 Å². The summed E-state index contributed by atoms with van der Waals surface area (Å²) in [6.45, 7) is 18.9. The lowest BCUT2D eigenvalue weighted by Crippen LogP contribution is -2.41. The van der Waals surface area contributed by atoms with E-state index in [4.69, 9.17) is 0 Å². The molecule has 38 heavy (non-hydrogen) atoms. The summed E-state index contributed by atoms with van der Waals surface area (Å²) in [6, 6.07) is 9.31. The standard InChI is InChI=1S/C24H46N8.6ClH/c1-2-24(22-32-19-15-29-11-7-26-8-12-30-16-20-32)4-3-23(1)21-31-17-13-27-9-5-25-6-10-28-14-18-31;;;;;;/h1-4,25-30H,5-22H2;6*1H. The Bertz CT molecular complexity index is 531. The Hall–Kier alpha value is 0.640. The van der Waals surface area contributed by atoms with Crippen molar-refractivity contribution in [2.45, 2.75) is 13.1 Å². The molecule has 2 saturated heterocycles. The molecule has 14 heteroatoms. The number of nitrogens with zero attached hydrogens (tertiary/aromatic N) is 2. The molecule has 0 amide bonds. The maximum Gasteiger partial charge on any atom is 0.0234 e. The third kappa shape index (κ3) is 21.4. The van der Waals surface area contributed by atoms with Gasteiger partial charge in [-0.15, -0.1) is 74.4 Å². The molecule has 0 radical (unpaired) electrons. The van der Waals surface area contributed by atoms with Gasteiger partial charge in [-0.3, -0.25) is 9.80 Å². The highest BCUT2D eigenvalue weighted by molar-refractivity contribution is 5.86. The first kappa shape index (κ1) is 45.6. The lowest BCUT2D eigenvalue weighted by Gasteiger charge is -2.25. The zero-order chi connectivity index (χ0) is 22.1. The van der Waals surface area contributed by atoms with Crippen LogP contribution < -0.4 is 31.9 Å². The predicted octanol–water partition coefficient (Wildman–Crippen LogP) is 1.39. The van der Waals surface area contributed by atoms with Gasteiger partial charge in [0.15, 0.2) is 0 Å². The summed E-state index contributed by atoms with van der Waals surface area (Å²) in [5.74, 6) is 0. The van der Waals surface area contributed by atoms with E-state index in [9.17, 15) is 0 Å². The minimum Gasteiger partial charge on any atom is -0.314 e. The highest BCUT2D eigenvalue weighted by atomic mass is 35.5. The van der Waals surface area contributed by atoms with Gasteiger partial charge in [0.05, 0.1) is 0 Å². The molecule has 2 fully saturated rings. The monoisotopic (exact) mass is 662 g/mol. The van der Waals surface area contributed by atoms with Crippen LogP contribution in [0.25, 0.3) is 0 Å². The molecule has 6 N–H and O–H groups in total. The van der Waals surface area contributed by atoms with E-state index in [0.29, 0.717) is 0 Å². The first-order valence-corrected chi connectivity index (χ1v) is 12.7. The van der Waals surface area contributed by atoms with E-state index >= 15 is 0 Å². The molecule has 0 aliphatic carbocycles. The Morgan fingerprint density at radius 1 is 0.368 bits per heavy atom. The summed E-state index contributed by atoms with van der Waals surface area (Å²) in [4.78, 5) is 5.12. The van der Waals surface area contributed by atoms with Crippen LogP contribution in [0.3, 0.4) is 0 Å². The second-order valence-electron chi connectivity index (χ2n) is 8.87. The van der Waals surface area contributed by atoms with Gasteiger partial charge in [0.25, 0.3) is 0 Å². The zero-order valence-corrected chi connectivity index (χ0v) is 27.3. The summed E-state index contributed by atoms with van der Waals surface area (Å²) in [7, 11) is 0. The van der Waals surface area contributed by atoms with Crippen LogP contribution in [0.2, 0.25) is 0 Å². The van der Waals surface area contributed by atoms with E-state index in [0.717, 1.165) is 118 Å². The van der Waals surface area contributed by atoms with Gasteiger partial charge in [-0.2, -0.15) is 0 Å². The Labute approximate surface area is 268 Å². The van der Waals surface area contributed by atoms with Gasteiger partial charge in [-0.1, -0.05) is 24.3 Å². The first-order valence-electron chi connectivity index (χ1n) is 12.7. The number of rotatable bonds is 4. The van der Waals surface area contributed by atoms with Crippen LogP contribution in [0.15, 0.2) is 24.3 Å². The van der Waals surface area contributed by atoms with Crippen LogP contribution in [0, 0.1) is 0 Å². The summed E-state index contributed by atoms with van der Waals surface area (Å²) < 4.78 is 0. The lowest BCUT2D eigenvalue weighted by atomic mass is 10.1. The van der Waals surface area contributed by atoms with Crippen molar-refractivity contribution in [3.63, 3.8) is 0 Å². The van der Waals surface area contributed by atoms with E-state index in [1.165, 1.54) is 11.1 Å². The fraction of sp³-hybridized carbons (Fsp3) is 0.750. The molecule has 1 aromatic carbocycles. The molecule has 1 aromatic rings. The molecule has 2 aliphatic rings. The Balaban J connectivity index is -0.000000963. The molecule has 0 saturated carbocycles. The Kier molecular flexibility index (Phi) is 36.7. The molecule has 230 valence electrons. The van der Waals surface area contributed by atoms with Crippen molar-refractivity contribution in [1.82, 2.24) is 41.7 Å². The SMILES string of the molecule is Cl.Cl.Cl.Cl.Cl.Cl.c1cc(CN2CCNCCNCCNCC2)ccc1CN1CCNCCNCCNCC1. The molecule has 0 unspecified atom stereocenters. The van der Waals surface area contributed by atoms with Crippen molar-refractivity contribution in [2.75, 3.05) is 105 Å². The van der Waals surface area contributed by atoms with Gasteiger partial charge >= 0.3 is 0 Å². The van der Waals surface area contributed by atoms with Crippen molar-refractivity contribution in [1.29, 1.82) is 0 Å². The van der Waals surface area contributed by atoms with Crippen molar-refractivity contribution in [3.05, 3.63) is 35.4 Å². The molecule has 2 heterocycles. The van der Waals surface area contributed by atoms with Crippen LogP contribution in [0.4, 0.5) is 0 Å². The van der Waals surface area contributed by atoms with Crippen LogP contribution in [-0.4, -0.2) is 115 Å². The maximum atomic E-state index is 3.56. The second-order valence-corrected chi connectivity index (χ2v) is 8.87. The quantitative estimate of drug-likeness (QED) is 0.289. The molecular formula is C24H52Cl6N8. The molecule has 0 aromatic heterocycles. The normalized spacial score (nSPS) is 19.2. The molecule has 0 bridgehead atoms. The second kappa shape index (κ2) is 30.6. The highest BCUT2D eigenvalue weighted by Crippen LogP contribution is 2.10. The van der Waals surface area contributed by atoms with Gasteiger partial charge in [0.1, 0.15) is 0 Å². The molecule has 8 nitrogen and oxygen atoms in total. The average molecular weight is 665 g/mol. The number of benzene rings is 1. The smallest absolute Gasteiger partial charge is 0.0234 e. The summed E-state index contributed by atoms with van der Waals surface area (Å²) in [5.41, 5.74) is 2.82. The van der Waals surface area contributed by atoms with E-state index in [1.807, 2.05) is 0 Å².